The molecule has 1 aliphatic heterocycles. The molecule has 1 fully saturated rings. The van der Waals surface area contributed by atoms with Crippen molar-refractivity contribution in [1.29, 1.82) is 0 Å². The Morgan fingerprint density at radius 1 is 1.02 bits per heavy atom. The molecule has 40 heavy (non-hydrogen) atoms. The molecule has 0 saturated carbocycles. The number of likely N-dealkylation sites (N-methyl/N-ethyl adjacent to an activating group) is 1. The van der Waals surface area contributed by atoms with Gasteiger partial charge in [-0.25, -0.2) is 19.2 Å². The number of urea groups is 1. The molecule has 0 bridgehead atoms. The van der Waals surface area contributed by atoms with Crippen molar-refractivity contribution in [2.24, 2.45) is 0 Å². The van der Waals surface area contributed by atoms with Gasteiger partial charge in [0, 0.05) is 37.4 Å². The van der Waals surface area contributed by atoms with Crippen LogP contribution < -0.4 is 16.4 Å². The highest BCUT2D eigenvalue weighted by Gasteiger charge is 2.37. The van der Waals surface area contributed by atoms with Crippen molar-refractivity contribution in [1.82, 2.24) is 30.0 Å². The van der Waals surface area contributed by atoms with Gasteiger partial charge in [0.25, 0.3) is 5.91 Å². The SMILES string of the molecule is CN1CCN(C(=O)c2ccc(NC(=O)Nc3ccc(-c4[nH]nc5ncnc(N)c45)cc3F)cc2C(F)(F)F)CC1. The quantitative estimate of drug-likeness (QED) is 0.279. The number of nitrogens with one attached hydrogen (secondary N) is 3. The van der Waals surface area contributed by atoms with E-state index in [2.05, 4.69) is 30.8 Å². The second kappa shape index (κ2) is 10.4. The summed E-state index contributed by atoms with van der Waals surface area (Å²) in [6.07, 6.45) is -3.61. The topological polar surface area (TPSA) is 145 Å². The minimum atomic E-state index is -4.85. The Bertz CT molecular complexity index is 1600. The molecule has 1 saturated heterocycles. The normalized spacial score (nSPS) is 14.4. The molecule has 2 aromatic carbocycles. The molecule has 5 N–H and O–H groups in total. The van der Waals surface area contributed by atoms with Crippen molar-refractivity contribution < 1.29 is 27.2 Å². The lowest BCUT2D eigenvalue weighted by atomic mass is 10.0. The predicted molar refractivity (Wildman–Crippen MR) is 139 cm³/mol. The van der Waals surface area contributed by atoms with Gasteiger partial charge in [-0.1, -0.05) is 6.07 Å². The molecular weight excluding hydrogens is 534 g/mol. The Morgan fingerprint density at radius 2 is 1.77 bits per heavy atom. The highest BCUT2D eigenvalue weighted by molar-refractivity contribution is 6.02. The number of aromatic nitrogens is 4. The van der Waals surface area contributed by atoms with E-state index in [1.54, 1.807) is 0 Å². The number of halogens is 4. The Balaban J connectivity index is 1.32. The first kappa shape index (κ1) is 26.8. The number of benzene rings is 2. The van der Waals surface area contributed by atoms with Crippen molar-refractivity contribution >= 4 is 40.2 Å². The lowest BCUT2D eigenvalue weighted by Crippen LogP contribution is -2.47. The second-order valence-corrected chi connectivity index (χ2v) is 9.18. The standard InChI is InChI=1S/C25H23F4N9O2/c1-37-6-8-38(9-7-37)23(39)15-4-3-14(11-16(15)25(27,28)29)33-24(40)34-18-5-2-13(10-17(18)26)20-19-21(30)31-12-32-22(19)36-35-20/h2-5,10-12H,6-9H2,1H3,(H2,33,34,40)(H3,30,31,32,35,36). The number of alkyl halides is 3. The number of hydrogen-bond acceptors (Lipinski definition) is 7. The van der Waals surface area contributed by atoms with Crippen molar-refractivity contribution in [2.45, 2.75) is 6.18 Å². The molecule has 0 spiro atoms. The van der Waals surface area contributed by atoms with E-state index in [9.17, 15) is 27.2 Å². The van der Waals surface area contributed by atoms with Crippen LogP contribution in [0.15, 0.2) is 42.7 Å². The number of carbonyl (C=O) groups is 2. The van der Waals surface area contributed by atoms with Gasteiger partial charge >= 0.3 is 12.2 Å². The van der Waals surface area contributed by atoms with Crippen LogP contribution in [0.1, 0.15) is 15.9 Å². The van der Waals surface area contributed by atoms with Gasteiger partial charge in [-0.2, -0.15) is 18.3 Å². The third-order valence-electron chi connectivity index (χ3n) is 6.49. The maximum atomic E-state index is 14.9. The van der Waals surface area contributed by atoms with E-state index in [0.717, 1.165) is 12.1 Å². The van der Waals surface area contributed by atoms with Gasteiger partial charge in [0.2, 0.25) is 0 Å². The van der Waals surface area contributed by atoms with Crippen LogP contribution in [0.3, 0.4) is 0 Å². The van der Waals surface area contributed by atoms with Crippen LogP contribution >= 0.6 is 0 Å². The molecule has 3 heterocycles. The molecule has 0 radical (unpaired) electrons. The number of rotatable bonds is 4. The van der Waals surface area contributed by atoms with E-state index >= 15 is 0 Å². The third kappa shape index (κ3) is 5.36. The number of amides is 3. The van der Waals surface area contributed by atoms with Crippen LogP contribution in [0.4, 0.5) is 39.5 Å². The Labute approximate surface area is 224 Å². The molecule has 0 atom stereocenters. The fourth-order valence-electron chi connectivity index (χ4n) is 4.37. The zero-order chi connectivity index (χ0) is 28.6. The maximum Gasteiger partial charge on any atom is 0.417 e. The molecule has 11 nitrogen and oxygen atoms in total. The van der Waals surface area contributed by atoms with Crippen molar-refractivity contribution in [2.75, 3.05) is 49.6 Å². The van der Waals surface area contributed by atoms with E-state index in [-0.39, 0.29) is 17.2 Å². The molecule has 5 rings (SSSR count). The number of fused-ring (bicyclic) bond motifs is 1. The summed E-state index contributed by atoms with van der Waals surface area (Å²) in [5.41, 5.74) is 4.75. The van der Waals surface area contributed by atoms with E-state index < -0.39 is 35.1 Å². The molecule has 2 aromatic heterocycles. The number of anilines is 3. The lowest BCUT2D eigenvalue weighted by molar-refractivity contribution is -0.138. The largest absolute Gasteiger partial charge is 0.417 e. The average Bonchev–Trinajstić information content (AvgIpc) is 3.35. The van der Waals surface area contributed by atoms with Gasteiger partial charge in [-0.3, -0.25) is 9.89 Å². The van der Waals surface area contributed by atoms with Gasteiger partial charge in [0.1, 0.15) is 18.0 Å². The number of aromatic amines is 1. The van der Waals surface area contributed by atoms with Gasteiger partial charge in [-0.15, -0.1) is 0 Å². The number of carbonyl (C=O) groups excluding carboxylic acids is 2. The second-order valence-electron chi connectivity index (χ2n) is 9.18. The fraction of sp³-hybridized carbons (Fsp3) is 0.240. The Morgan fingerprint density at radius 3 is 2.48 bits per heavy atom. The average molecular weight is 558 g/mol. The van der Waals surface area contributed by atoms with E-state index in [4.69, 9.17) is 5.73 Å². The molecule has 4 aromatic rings. The Kier molecular flexibility index (Phi) is 6.97. The van der Waals surface area contributed by atoms with Gasteiger partial charge in [0.15, 0.2) is 5.65 Å². The maximum absolute atomic E-state index is 14.9. The summed E-state index contributed by atoms with van der Waals surface area (Å²) in [4.78, 5) is 36.6. The van der Waals surface area contributed by atoms with Crippen LogP contribution in [-0.2, 0) is 6.18 Å². The molecule has 0 aliphatic carbocycles. The van der Waals surface area contributed by atoms with Crippen LogP contribution in [0.5, 0.6) is 0 Å². The van der Waals surface area contributed by atoms with E-state index in [0.29, 0.717) is 54.5 Å². The minimum absolute atomic E-state index is 0.144. The van der Waals surface area contributed by atoms with Gasteiger partial charge in [-0.05, 0) is 37.4 Å². The summed E-state index contributed by atoms with van der Waals surface area (Å²) >= 11 is 0. The van der Waals surface area contributed by atoms with Crippen LogP contribution in [0.25, 0.3) is 22.3 Å². The zero-order valence-electron chi connectivity index (χ0n) is 21.0. The summed E-state index contributed by atoms with van der Waals surface area (Å²) in [5, 5.41) is 11.7. The molecule has 15 heteroatoms. The van der Waals surface area contributed by atoms with Crippen LogP contribution in [-0.4, -0.2) is 75.1 Å². The number of piperazine rings is 1. The molecule has 1 aliphatic rings. The summed E-state index contributed by atoms with van der Waals surface area (Å²) in [5.74, 6) is -1.42. The van der Waals surface area contributed by atoms with Gasteiger partial charge < -0.3 is 26.2 Å². The number of H-pyrrole nitrogens is 1. The van der Waals surface area contributed by atoms with Crippen LogP contribution in [0.2, 0.25) is 0 Å². The van der Waals surface area contributed by atoms with Gasteiger partial charge in [0.05, 0.1) is 27.9 Å². The first-order valence-electron chi connectivity index (χ1n) is 12.0. The van der Waals surface area contributed by atoms with Crippen LogP contribution in [0, 0.1) is 5.82 Å². The van der Waals surface area contributed by atoms with Crippen molar-refractivity contribution in [3.63, 3.8) is 0 Å². The minimum Gasteiger partial charge on any atom is -0.383 e. The smallest absolute Gasteiger partial charge is 0.383 e. The highest BCUT2D eigenvalue weighted by atomic mass is 19.4. The third-order valence-corrected chi connectivity index (χ3v) is 6.49. The number of nitrogens with two attached hydrogens (primary N) is 1. The lowest BCUT2D eigenvalue weighted by Gasteiger charge is -2.33. The first-order chi connectivity index (χ1) is 19.0. The van der Waals surface area contributed by atoms with E-state index in [1.165, 1.54) is 29.4 Å². The van der Waals surface area contributed by atoms with E-state index in [1.807, 2.05) is 11.9 Å². The number of nitrogen functional groups attached to an aromatic ring is 1. The number of nitrogens with zero attached hydrogens (tertiary/aromatic N) is 5. The zero-order valence-corrected chi connectivity index (χ0v) is 21.0. The highest BCUT2D eigenvalue weighted by Crippen LogP contribution is 2.35. The molecular formula is C25H23F4N9O2. The summed E-state index contributed by atoms with van der Waals surface area (Å²) in [6, 6.07) is 5.79. The molecule has 208 valence electrons. The first-order valence-corrected chi connectivity index (χ1v) is 12.0. The predicted octanol–water partition coefficient (Wildman–Crippen LogP) is 3.79. The summed E-state index contributed by atoms with van der Waals surface area (Å²) < 4.78 is 56.4. The molecule has 3 amide bonds. The summed E-state index contributed by atoms with van der Waals surface area (Å²) in [7, 11) is 1.86. The van der Waals surface area contributed by atoms with Crippen molar-refractivity contribution in [3.8, 4) is 11.3 Å². The molecule has 0 unspecified atom stereocenters. The monoisotopic (exact) mass is 557 g/mol. The number of hydrogen-bond donors (Lipinski definition) is 4. The Hall–Kier alpha value is -4.79. The summed E-state index contributed by atoms with van der Waals surface area (Å²) in [6.45, 7) is 1.70. The van der Waals surface area contributed by atoms with Crippen molar-refractivity contribution in [3.05, 3.63) is 59.7 Å². The fourth-order valence-corrected chi connectivity index (χ4v) is 4.37.